The summed E-state index contributed by atoms with van der Waals surface area (Å²) < 4.78 is 26.6. The number of anilines is 1. The lowest BCUT2D eigenvalue weighted by Gasteiger charge is -2.23. The van der Waals surface area contributed by atoms with Crippen LogP contribution in [-0.2, 0) is 21.4 Å². The highest BCUT2D eigenvalue weighted by molar-refractivity contribution is 7.89. The van der Waals surface area contributed by atoms with Crippen molar-refractivity contribution in [3.8, 4) is 0 Å². The Morgan fingerprint density at radius 2 is 1.89 bits per heavy atom. The van der Waals surface area contributed by atoms with Gasteiger partial charge >= 0.3 is 0 Å². The van der Waals surface area contributed by atoms with Crippen molar-refractivity contribution in [3.05, 3.63) is 46.7 Å². The molecule has 1 saturated heterocycles. The first-order valence-electron chi connectivity index (χ1n) is 9.00. The molecule has 1 aliphatic rings. The lowest BCUT2D eigenvalue weighted by molar-refractivity contribution is -0.120. The second-order valence-electron chi connectivity index (χ2n) is 6.85. The van der Waals surface area contributed by atoms with Crippen molar-refractivity contribution in [3.63, 3.8) is 0 Å². The van der Waals surface area contributed by atoms with Crippen LogP contribution in [0.2, 0.25) is 0 Å². The molecule has 1 aromatic heterocycles. The van der Waals surface area contributed by atoms with Gasteiger partial charge in [-0.15, -0.1) is 0 Å². The van der Waals surface area contributed by atoms with Gasteiger partial charge in [0.15, 0.2) is 0 Å². The normalized spacial score (nSPS) is 16.6. The maximum atomic E-state index is 12.5. The Morgan fingerprint density at radius 3 is 2.48 bits per heavy atom. The third-order valence-electron chi connectivity index (χ3n) is 4.88. The Morgan fingerprint density at radius 1 is 1.22 bits per heavy atom. The number of amides is 1. The van der Waals surface area contributed by atoms with Gasteiger partial charge in [0, 0.05) is 25.3 Å². The van der Waals surface area contributed by atoms with Gasteiger partial charge in [0.05, 0.1) is 10.9 Å². The average Bonchev–Trinajstić information content (AvgIpc) is 3.35. The van der Waals surface area contributed by atoms with Gasteiger partial charge in [-0.25, -0.2) is 8.42 Å². The van der Waals surface area contributed by atoms with E-state index in [9.17, 15) is 13.2 Å². The number of likely N-dealkylation sites (N-methyl/N-ethyl adjacent to an activating group) is 1. The molecule has 8 heteroatoms. The predicted octanol–water partition coefficient (Wildman–Crippen LogP) is 2.99. The van der Waals surface area contributed by atoms with Crippen molar-refractivity contribution in [2.24, 2.45) is 0 Å². The van der Waals surface area contributed by atoms with Gasteiger partial charge in [-0.2, -0.15) is 15.6 Å². The second-order valence-corrected chi connectivity index (χ2v) is 9.57. The van der Waals surface area contributed by atoms with Crippen molar-refractivity contribution in [1.82, 2.24) is 9.21 Å². The first-order chi connectivity index (χ1) is 12.9. The summed E-state index contributed by atoms with van der Waals surface area (Å²) in [6, 6.07) is 8.15. The summed E-state index contributed by atoms with van der Waals surface area (Å²) in [6.45, 7) is 3.71. The van der Waals surface area contributed by atoms with Crippen LogP contribution in [0.1, 0.15) is 25.3 Å². The predicted molar refractivity (Wildman–Crippen MR) is 108 cm³/mol. The van der Waals surface area contributed by atoms with Crippen LogP contribution in [0.4, 0.5) is 5.69 Å². The zero-order valence-corrected chi connectivity index (χ0v) is 17.2. The molecule has 0 spiro atoms. The summed E-state index contributed by atoms with van der Waals surface area (Å²) >= 11 is 1.64. The lowest BCUT2D eigenvalue weighted by atomic mass is 10.2. The van der Waals surface area contributed by atoms with E-state index in [0.29, 0.717) is 25.3 Å². The van der Waals surface area contributed by atoms with Gasteiger partial charge in [0.1, 0.15) is 0 Å². The molecule has 0 radical (unpaired) electrons. The Balaban J connectivity index is 1.61. The summed E-state index contributed by atoms with van der Waals surface area (Å²) in [5, 5.41) is 6.95. The number of carbonyl (C=O) groups excluding carboxylic acids is 1. The molecule has 2 heterocycles. The van der Waals surface area contributed by atoms with Gasteiger partial charge < -0.3 is 5.32 Å². The summed E-state index contributed by atoms with van der Waals surface area (Å²) in [5.41, 5.74) is 1.77. The van der Waals surface area contributed by atoms with E-state index in [1.807, 2.05) is 30.3 Å². The van der Waals surface area contributed by atoms with Crippen LogP contribution in [0.5, 0.6) is 0 Å². The quantitative estimate of drug-likeness (QED) is 0.766. The molecule has 1 aromatic carbocycles. The molecule has 1 amide bonds. The number of nitrogens with one attached hydrogen (secondary N) is 1. The molecule has 0 unspecified atom stereocenters. The number of sulfonamides is 1. The van der Waals surface area contributed by atoms with Crippen molar-refractivity contribution < 1.29 is 13.2 Å². The van der Waals surface area contributed by atoms with E-state index in [0.717, 1.165) is 12.8 Å². The number of carbonyl (C=O) groups is 1. The Kier molecular flexibility index (Phi) is 6.31. The first-order valence-corrected chi connectivity index (χ1v) is 11.4. The molecule has 1 aliphatic heterocycles. The van der Waals surface area contributed by atoms with Gasteiger partial charge in [-0.05, 0) is 73.5 Å². The number of rotatable bonds is 7. The minimum Gasteiger partial charge on any atom is -0.325 e. The maximum Gasteiger partial charge on any atom is 0.243 e. The van der Waals surface area contributed by atoms with Crippen molar-refractivity contribution in [1.29, 1.82) is 0 Å². The second kappa shape index (κ2) is 8.52. The van der Waals surface area contributed by atoms with Crippen LogP contribution in [0, 0.1) is 0 Å². The van der Waals surface area contributed by atoms with Crippen molar-refractivity contribution in [2.75, 3.05) is 25.5 Å². The standard InChI is InChI=1S/C19H25N3O3S2/c1-15(21(2)13-16-9-12-26-14-16)19(23)20-17-5-7-18(8-6-17)27(24,25)22-10-3-4-11-22/h5-9,12,14-15H,3-4,10-11,13H2,1-2H3,(H,20,23)/t15-/m0/s1. The van der Waals surface area contributed by atoms with E-state index in [1.165, 1.54) is 9.87 Å². The monoisotopic (exact) mass is 407 g/mol. The van der Waals surface area contributed by atoms with Gasteiger partial charge in [0.2, 0.25) is 15.9 Å². The Hall–Kier alpha value is -1.74. The first kappa shape index (κ1) is 20.0. The van der Waals surface area contributed by atoms with Crippen LogP contribution >= 0.6 is 11.3 Å². The minimum absolute atomic E-state index is 0.122. The smallest absolute Gasteiger partial charge is 0.243 e. The third kappa shape index (κ3) is 4.76. The molecule has 0 saturated carbocycles. The van der Waals surface area contributed by atoms with Crippen LogP contribution in [0.3, 0.4) is 0 Å². The summed E-state index contributed by atoms with van der Waals surface area (Å²) in [4.78, 5) is 14.7. The van der Waals surface area contributed by atoms with Crippen molar-refractivity contribution >= 4 is 33.0 Å². The highest BCUT2D eigenvalue weighted by Crippen LogP contribution is 2.22. The topological polar surface area (TPSA) is 69.7 Å². The zero-order valence-electron chi connectivity index (χ0n) is 15.6. The molecule has 1 fully saturated rings. The molecule has 0 aliphatic carbocycles. The van der Waals surface area contributed by atoms with Gasteiger partial charge in [-0.1, -0.05) is 0 Å². The Labute approximate surface area is 164 Å². The van der Waals surface area contributed by atoms with Crippen LogP contribution in [-0.4, -0.2) is 49.7 Å². The molecular formula is C19H25N3O3S2. The Bertz CT molecular complexity index is 858. The molecule has 1 atom stereocenters. The van der Waals surface area contributed by atoms with Crippen LogP contribution in [0.15, 0.2) is 46.0 Å². The molecule has 3 rings (SSSR count). The highest BCUT2D eigenvalue weighted by Gasteiger charge is 2.27. The van der Waals surface area contributed by atoms with E-state index >= 15 is 0 Å². The zero-order chi connectivity index (χ0) is 19.4. The summed E-state index contributed by atoms with van der Waals surface area (Å²) in [6.07, 6.45) is 1.81. The van der Waals surface area contributed by atoms with E-state index in [-0.39, 0.29) is 16.8 Å². The molecule has 146 valence electrons. The fourth-order valence-electron chi connectivity index (χ4n) is 3.04. The van der Waals surface area contributed by atoms with E-state index in [2.05, 4.69) is 10.7 Å². The highest BCUT2D eigenvalue weighted by atomic mass is 32.2. The van der Waals surface area contributed by atoms with Crippen LogP contribution in [0.25, 0.3) is 0 Å². The fraction of sp³-hybridized carbons (Fsp3) is 0.421. The molecule has 6 nitrogen and oxygen atoms in total. The molecule has 0 bridgehead atoms. The van der Waals surface area contributed by atoms with E-state index in [4.69, 9.17) is 0 Å². The molecular weight excluding hydrogens is 382 g/mol. The number of hydrogen-bond acceptors (Lipinski definition) is 5. The minimum atomic E-state index is -3.43. The third-order valence-corrected chi connectivity index (χ3v) is 7.52. The number of hydrogen-bond donors (Lipinski definition) is 1. The van der Waals surface area contributed by atoms with Gasteiger partial charge in [0.25, 0.3) is 0 Å². The van der Waals surface area contributed by atoms with E-state index in [1.54, 1.807) is 35.6 Å². The average molecular weight is 408 g/mol. The molecule has 1 N–H and O–H groups in total. The number of nitrogens with zero attached hydrogens (tertiary/aromatic N) is 2. The SMILES string of the molecule is C[C@@H](C(=O)Nc1ccc(S(=O)(=O)N2CCCC2)cc1)N(C)Cc1ccsc1. The molecule has 2 aromatic rings. The molecule has 27 heavy (non-hydrogen) atoms. The number of benzene rings is 1. The van der Waals surface area contributed by atoms with E-state index < -0.39 is 10.0 Å². The number of thiophene rings is 1. The fourth-order valence-corrected chi connectivity index (χ4v) is 5.22. The van der Waals surface area contributed by atoms with Gasteiger partial charge in [-0.3, -0.25) is 9.69 Å². The lowest BCUT2D eigenvalue weighted by Crippen LogP contribution is -2.39. The van der Waals surface area contributed by atoms with Crippen molar-refractivity contribution in [2.45, 2.75) is 37.2 Å². The largest absolute Gasteiger partial charge is 0.325 e. The summed E-state index contributed by atoms with van der Waals surface area (Å²) in [7, 11) is -1.52. The maximum absolute atomic E-state index is 12.5. The summed E-state index contributed by atoms with van der Waals surface area (Å²) in [5.74, 6) is -0.122. The van der Waals surface area contributed by atoms with Crippen LogP contribution < -0.4 is 5.32 Å².